The maximum atomic E-state index is 4.38. The van der Waals surface area contributed by atoms with Crippen molar-refractivity contribution < 1.29 is 0 Å². The quantitative estimate of drug-likeness (QED) is 0.790. The Morgan fingerprint density at radius 1 is 0.722 bits per heavy atom. The predicted octanol–water partition coefficient (Wildman–Crippen LogP) is 1.20. The molecule has 0 aromatic carbocycles. The Labute approximate surface area is 106 Å². The number of rotatable bonds is 2. The van der Waals surface area contributed by atoms with E-state index in [9.17, 15) is 0 Å². The van der Waals surface area contributed by atoms with Gasteiger partial charge in [-0.15, -0.1) is 0 Å². The van der Waals surface area contributed by atoms with Crippen LogP contribution in [0, 0.1) is 0 Å². The van der Waals surface area contributed by atoms with Gasteiger partial charge < -0.3 is 9.80 Å². The highest BCUT2D eigenvalue weighted by Gasteiger charge is 2.19. The maximum Gasteiger partial charge on any atom is 0.225 e. The molecule has 5 nitrogen and oxygen atoms in total. The van der Waals surface area contributed by atoms with Crippen LogP contribution in [0.15, 0.2) is 42.9 Å². The van der Waals surface area contributed by atoms with Crippen LogP contribution in [0.2, 0.25) is 0 Å². The molecule has 0 atom stereocenters. The van der Waals surface area contributed by atoms with Crippen molar-refractivity contribution in [1.29, 1.82) is 0 Å². The zero-order valence-corrected chi connectivity index (χ0v) is 10.1. The second-order valence-corrected chi connectivity index (χ2v) is 4.21. The Kier molecular flexibility index (Phi) is 3.04. The van der Waals surface area contributed by atoms with Gasteiger partial charge in [-0.3, -0.25) is 0 Å². The summed E-state index contributed by atoms with van der Waals surface area (Å²) in [4.78, 5) is 17.4. The van der Waals surface area contributed by atoms with Crippen LogP contribution in [0.5, 0.6) is 0 Å². The van der Waals surface area contributed by atoms with Gasteiger partial charge in [0.25, 0.3) is 0 Å². The molecule has 0 radical (unpaired) electrons. The summed E-state index contributed by atoms with van der Waals surface area (Å²) in [6, 6.07) is 7.86. The van der Waals surface area contributed by atoms with Crippen LogP contribution in [-0.4, -0.2) is 41.1 Å². The molecule has 18 heavy (non-hydrogen) atoms. The van der Waals surface area contributed by atoms with Crippen LogP contribution in [0.3, 0.4) is 0 Å². The number of hydrogen-bond donors (Lipinski definition) is 0. The van der Waals surface area contributed by atoms with Crippen LogP contribution in [-0.2, 0) is 0 Å². The number of pyridine rings is 1. The third kappa shape index (κ3) is 2.25. The topological polar surface area (TPSA) is 45.2 Å². The third-order valence-corrected chi connectivity index (χ3v) is 3.09. The normalized spacial score (nSPS) is 15.8. The molecule has 0 amide bonds. The lowest BCUT2D eigenvalue weighted by Crippen LogP contribution is -2.47. The molecule has 3 rings (SSSR count). The van der Waals surface area contributed by atoms with Gasteiger partial charge in [0.05, 0.1) is 0 Å². The molecule has 2 aromatic heterocycles. The van der Waals surface area contributed by atoms with E-state index in [1.807, 2.05) is 24.4 Å². The monoisotopic (exact) mass is 241 g/mol. The molecule has 1 aliphatic rings. The van der Waals surface area contributed by atoms with E-state index in [1.54, 1.807) is 12.4 Å². The van der Waals surface area contributed by atoms with Crippen LogP contribution >= 0.6 is 0 Å². The third-order valence-electron chi connectivity index (χ3n) is 3.09. The lowest BCUT2D eigenvalue weighted by Gasteiger charge is -2.35. The van der Waals surface area contributed by atoms with E-state index < -0.39 is 0 Å². The van der Waals surface area contributed by atoms with Crippen LogP contribution in [0.1, 0.15) is 0 Å². The first-order valence-electron chi connectivity index (χ1n) is 6.11. The summed E-state index contributed by atoms with van der Waals surface area (Å²) in [6.45, 7) is 3.77. The van der Waals surface area contributed by atoms with Crippen LogP contribution in [0.25, 0.3) is 0 Å². The second kappa shape index (κ2) is 5.00. The number of anilines is 2. The van der Waals surface area contributed by atoms with Gasteiger partial charge in [-0.25, -0.2) is 15.0 Å². The first kappa shape index (κ1) is 11.0. The molecule has 3 heterocycles. The van der Waals surface area contributed by atoms with Gasteiger partial charge in [-0.05, 0) is 18.2 Å². The lowest BCUT2D eigenvalue weighted by molar-refractivity contribution is 0.634. The van der Waals surface area contributed by atoms with Crippen molar-refractivity contribution in [2.45, 2.75) is 0 Å². The lowest BCUT2D eigenvalue weighted by atomic mass is 10.3. The first-order valence-corrected chi connectivity index (χ1v) is 6.11. The Bertz CT molecular complexity index is 432. The number of nitrogens with zero attached hydrogens (tertiary/aromatic N) is 5. The molecule has 0 unspecified atom stereocenters. The van der Waals surface area contributed by atoms with Crippen LogP contribution in [0.4, 0.5) is 11.8 Å². The van der Waals surface area contributed by atoms with Gasteiger partial charge >= 0.3 is 0 Å². The van der Waals surface area contributed by atoms with Crippen molar-refractivity contribution in [2.24, 2.45) is 0 Å². The molecule has 1 fully saturated rings. The molecule has 0 bridgehead atoms. The largest absolute Gasteiger partial charge is 0.353 e. The summed E-state index contributed by atoms with van der Waals surface area (Å²) in [5, 5.41) is 0. The van der Waals surface area contributed by atoms with Crippen molar-refractivity contribution in [3.63, 3.8) is 0 Å². The predicted molar refractivity (Wildman–Crippen MR) is 70.7 cm³/mol. The molecule has 1 saturated heterocycles. The van der Waals surface area contributed by atoms with Gasteiger partial charge in [-0.1, -0.05) is 6.07 Å². The van der Waals surface area contributed by atoms with Gasteiger partial charge in [0.15, 0.2) is 0 Å². The standard InChI is InChI=1S/C13H15N5/c1-2-5-14-12(4-1)17-8-10-18(11-9-17)13-15-6-3-7-16-13/h1-7H,8-11H2. The summed E-state index contributed by atoms with van der Waals surface area (Å²) >= 11 is 0. The average molecular weight is 241 g/mol. The zero-order valence-electron chi connectivity index (χ0n) is 10.1. The Morgan fingerprint density at radius 2 is 1.39 bits per heavy atom. The minimum Gasteiger partial charge on any atom is -0.353 e. The van der Waals surface area contributed by atoms with Crippen molar-refractivity contribution in [2.75, 3.05) is 36.0 Å². The molecule has 92 valence electrons. The summed E-state index contributed by atoms with van der Waals surface area (Å²) in [6.07, 6.45) is 5.41. The van der Waals surface area contributed by atoms with Gasteiger partial charge in [0, 0.05) is 44.8 Å². The van der Waals surface area contributed by atoms with Gasteiger partial charge in [0.2, 0.25) is 5.95 Å². The van der Waals surface area contributed by atoms with Crippen molar-refractivity contribution in [3.05, 3.63) is 42.9 Å². The summed E-state index contributed by atoms with van der Waals surface area (Å²) in [7, 11) is 0. The van der Waals surface area contributed by atoms with E-state index in [0.717, 1.165) is 37.9 Å². The minimum atomic E-state index is 0.818. The Morgan fingerprint density at radius 3 is 2.06 bits per heavy atom. The van der Waals surface area contributed by atoms with E-state index in [2.05, 4.69) is 30.8 Å². The van der Waals surface area contributed by atoms with Crippen molar-refractivity contribution in [1.82, 2.24) is 15.0 Å². The maximum absolute atomic E-state index is 4.38. The summed E-state index contributed by atoms with van der Waals surface area (Å²) in [5.41, 5.74) is 0. The minimum absolute atomic E-state index is 0.818. The molecular formula is C13H15N5. The van der Waals surface area contributed by atoms with E-state index in [4.69, 9.17) is 0 Å². The SMILES string of the molecule is c1ccc(N2CCN(c3ncccn3)CC2)nc1. The Hall–Kier alpha value is -2.17. The fourth-order valence-electron chi connectivity index (χ4n) is 2.13. The summed E-state index contributed by atoms with van der Waals surface area (Å²) < 4.78 is 0. The molecule has 1 aliphatic heterocycles. The molecule has 0 spiro atoms. The highest BCUT2D eigenvalue weighted by Crippen LogP contribution is 2.14. The van der Waals surface area contributed by atoms with E-state index in [-0.39, 0.29) is 0 Å². The Balaban J connectivity index is 1.65. The molecule has 5 heteroatoms. The fourth-order valence-corrected chi connectivity index (χ4v) is 2.13. The van der Waals surface area contributed by atoms with Gasteiger partial charge in [0.1, 0.15) is 5.82 Å². The van der Waals surface area contributed by atoms with E-state index >= 15 is 0 Å². The van der Waals surface area contributed by atoms with Crippen molar-refractivity contribution in [3.8, 4) is 0 Å². The molecule has 0 saturated carbocycles. The van der Waals surface area contributed by atoms with E-state index in [0.29, 0.717) is 0 Å². The highest BCUT2D eigenvalue weighted by atomic mass is 15.3. The first-order chi connectivity index (χ1) is 8.93. The molecule has 0 aliphatic carbocycles. The smallest absolute Gasteiger partial charge is 0.225 e. The van der Waals surface area contributed by atoms with Crippen LogP contribution < -0.4 is 9.80 Å². The van der Waals surface area contributed by atoms with Crippen molar-refractivity contribution >= 4 is 11.8 Å². The van der Waals surface area contributed by atoms with E-state index in [1.165, 1.54) is 0 Å². The highest BCUT2D eigenvalue weighted by molar-refractivity contribution is 5.41. The number of aromatic nitrogens is 3. The molecular weight excluding hydrogens is 226 g/mol. The fraction of sp³-hybridized carbons (Fsp3) is 0.308. The molecule has 0 N–H and O–H groups in total. The average Bonchev–Trinajstić information content (AvgIpc) is 2.49. The number of piperazine rings is 1. The number of hydrogen-bond acceptors (Lipinski definition) is 5. The molecule has 2 aromatic rings. The zero-order chi connectivity index (χ0) is 12.2. The van der Waals surface area contributed by atoms with Gasteiger partial charge in [-0.2, -0.15) is 0 Å². The second-order valence-electron chi connectivity index (χ2n) is 4.21. The summed E-state index contributed by atoms with van der Waals surface area (Å²) in [5.74, 6) is 1.87.